The fraction of sp³-hybridized carbons (Fsp3) is 0.273. The smallest absolute Gasteiger partial charge is 0.240 e. The highest BCUT2D eigenvalue weighted by Gasteiger charge is 2.14. The molecule has 0 aliphatic heterocycles. The highest BCUT2D eigenvalue weighted by molar-refractivity contribution is 9.11. The molecule has 0 fully saturated rings. The molecular formula is C11H15BrN2O2S. The lowest BCUT2D eigenvalue weighted by Crippen LogP contribution is -2.24. The van der Waals surface area contributed by atoms with E-state index in [4.69, 9.17) is 5.73 Å². The molecule has 4 nitrogen and oxygen atoms in total. The average molecular weight is 319 g/mol. The predicted octanol–water partition coefficient (Wildman–Crippen LogP) is 2.02. The third-order valence-electron chi connectivity index (χ3n) is 2.26. The first-order valence-corrected chi connectivity index (χ1v) is 7.35. The quantitative estimate of drug-likeness (QED) is 0.816. The largest absolute Gasteiger partial charge is 0.398 e. The fourth-order valence-corrected chi connectivity index (χ4v) is 2.70. The van der Waals surface area contributed by atoms with Crippen LogP contribution in [0.15, 0.2) is 34.2 Å². The van der Waals surface area contributed by atoms with Crippen molar-refractivity contribution in [1.82, 2.24) is 4.72 Å². The Hall–Kier alpha value is -0.850. The van der Waals surface area contributed by atoms with E-state index in [9.17, 15) is 8.42 Å². The van der Waals surface area contributed by atoms with Crippen LogP contribution in [0, 0.1) is 0 Å². The number of rotatable bonds is 5. The van der Waals surface area contributed by atoms with Crippen molar-refractivity contribution in [2.24, 2.45) is 0 Å². The molecule has 0 radical (unpaired) electrons. The summed E-state index contributed by atoms with van der Waals surface area (Å²) >= 11 is 3.09. The number of nitrogens with one attached hydrogen (secondary N) is 1. The van der Waals surface area contributed by atoms with Crippen molar-refractivity contribution in [2.45, 2.75) is 18.2 Å². The average Bonchev–Trinajstić information content (AvgIpc) is 2.26. The third-order valence-corrected chi connectivity index (χ3v) is 3.94. The van der Waals surface area contributed by atoms with Crippen molar-refractivity contribution >= 4 is 31.6 Å². The molecule has 6 heteroatoms. The van der Waals surface area contributed by atoms with E-state index in [1.165, 1.54) is 6.07 Å². The van der Waals surface area contributed by atoms with Crippen LogP contribution in [0.3, 0.4) is 0 Å². The third kappa shape index (κ3) is 3.83. The number of benzene rings is 1. The SMILES string of the molecule is C=C(Br)CNS(=O)(=O)c1ccc(CC)c(N)c1. The van der Waals surface area contributed by atoms with Gasteiger partial charge in [0.1, 0.15) is 0 Å². The summed E-state index contributed by atoms with van der Waals surface area (Å²) in [6.07, 6.45) is 0.776. The normalized spacial score (nSPS) is 11.4. The van der Waals surface area contributed by atoms with Crippen LogP contribution >= 0.6 is 15.9 Å². The van der Waals surface area contributed by atoms with Gasteiger partial charge >= 0.3 is 0 Å². The summed E-state index contributed by atoms with van der Waals surface area (Å²) in [5, 5.41) is 0. The monoisotopic (exact) mass is 318 g/mol. The van der Waals surface area contributed by atoms with Gasteiger partial charge in [0, 0.05) is 16.7 Å². The lowest BCUT2D eigenvalue weighted by atomic mass is 10.1. The molecule has 94 valence electrons. The standard InChI is InChI=1S/C11H15BrN2O2S/c1-3-9-4-5-10(6-11(9)13)17(15,16)14-7-8(2)12/h4-6,14H,2-3,7,13H2,1H3. The van der Waals surface area contributed by atoms with Gasteiger partial charge in [-0.2, -0.15) is 0 Å². The second-order valence-corrected chi connectivity index (χ2v) is 6.44. The molecule has 0 atom stereocenters. The number of hydrogen-bond donors (Lipinski definition) is 2. The lowest BCUT2D eigenvalue weighted by molar-refractivity contribution is 0.585. The summed E-state index contributed by atoms with van der Waals surface area (Å²) in [6, 6.07) is 4.75. The van der Waals surface area contributed by atoms with E-state index in [2.05, 4.69) is 27.2 Å². The van der Waals surface area contributed by atoms with Gasteiger partial charge in [-0.05, 0) is 24.1 Å². The maximum Gasteiger partial charge on any atom is 0.240 e. The van der Waals surface area contributed by atoms with Crippen LogP contribution in [-0.2, 0) is 16.4 Å². The van der Waals surface area contributed by atoms with Gasteiger partial charge in [-0.1, -0.05) is 35.5 Å². The van der Waals surface area contributed by atoms with Crippen molar-refractivity contribution in [2.75, 3.05) is 12.3 Å². The number of anilines is 1. The van der Waals surface area contributed by atoms with Gasteiger partial charge < -0.3 is 5.73 Å². The van der Waals surface area contributed by atoms with Crippen LogP contribution in [0.1, 0.15) is 12.5 Å². The molecule has 1 aromatic rings. The first-order chi connectivity index (χ1) is 7.86. The van der Waals surface area contributed by atoms with Crippen LogP contribution in [0.5, 0.6) is 0 Å². The van der Waals surface area contributed by atoms with Crippen LogP contribution in [0.2, 0.25) is 0 Å². The zero-order valence-corrected chi connectivity index (χ0v) is 11.9. The summed E-state index contributed by atoms with van der Waals surface area (Å²) in [6.45, 7) is 5.68. The van der Waals surface area contributed by atoms with E-state index in [-0.39, 0.29) is 11.4 Å². The predicted molar refractivity (Wildman–Crippen MR) is 73.5 cm³/mol. The van der Waals surface area contributed by atoms with E-state index in [1.54, 1.807) is 12.1 Å². The van der Waals surface area contributed by atoms with Gasteiger partial charge in [0.2, 0.25) is 10.0 Å². The summed E-state index contributed by atoms with van der Waals surface area (Å²) in [4.78, 5) is 0.168. The van der Waals surface area contributed by atoms with Gasteiger partial charge in [-0.3, -0.25) is 0 Å². The van der Waals surface area contributed by atoms with Crippen molar-refractivity contribution in [1.29, 1.82) is 0 Å². The Bertz CT molecular complexity index is 526. The number of hydrogen-bond acceptors (Lipinski definition) is 3. The number of nitrogen functional groups attached to an aromatic ring is 1. The van der Waals surface area contributed by atoms with E-state index >= 15 is 0 Å². The Morgan fingerprint density at radius 3 is 2.65 bits per heavy atom. The van der Waals surface area contributed by atoms with Crippen molar-refractivity contribution in [3.8, 4) is 0 Å². The maximum atomic E-state index is 11.9. The van der Waals surface area contributed by atoms with Crippen LogP contribution in [0.4, 0.5) is 5.69 Å². The zero-order chi connectivity index (χ0) is 13.1. The Kier molecular flexibility index (Phi) is 4.73. The first-order valence-electron chi connectivity index (χ1n) is 5.08. The molecular weight excluding hydrogens is 304 g/mol. The Labute approximate surface area is 110 Å². The van der Waals surface area contributed by atoms with Gasteiger partial charge in [-0.25, -0.2) is 13.1 Å². The van der Waals surface area contributed by atoms with Crippen LogP contribution in [-0.4, -0.2) is 15.0 Å². The van der Waals surface area contributed by atoms with Gasteiger partial charge in [0.25, 0.3) is 0 Å². The number of nitrogens with two attached hydrogens (primary N) is 1. The molecule has 0 spiro atoms. The minimum atomic E-state index is -3.52. The molecule has 1 aromatic carbocycles. The van der Waals surface area contributed by atoms with Crippen LogP contribution < -0.4 is 10.5 Å². The molecule has 0 heterocycles. The second-order valence-electron chi connectivity index (χ2n) is 3.56. The minimum absolute atomic E-state index is 0.151. The fourth-order valence-electron chi connectivity index (χ4n) is 1.32. The summed E-state index contributed by atoms with van der Waals surface area (Å²) in [5.74, 6) is 0. The molecule has 17 heavy (non-hydrogen) atoms. The molecule has 0 saturated carbocycles. The van der Waals surface area contributed by atoms with Crippen LogP contribution in [0.25, 0.3) is 0 Å². The van der Waals surface area contributed by atoms with E-state index in [0.29, 0.717) is 10.2 Å². The highest BCUT2D eigenvalue weighted by Crippen LogP contribution is 2.18. The molecule has 0 bridgehead atoms. The number of sulfonamides is 1. The zero-order valence-electron chi connectivity index (χ0n) is 9.53. The molecule has 0 aliphatic carbocycles. The molecule has 0 unspecified atom stereocenters. The summed E-state index contributed by atoms with van der Waals surface area (Å²) in [7, 11) is -3.52. The molecule has 0 aliphatic rings. The topological polar surface area (TPSA) is 72.2 Å². The van der Waals surface area contributed by atoms with Crippen molar-refractivity contribution in [3.63, 3.8) is 0 Å². The Morgan fingerprint density at radius 2 is 2.18 bits per heavy atom. The van der Waals surface area contributed by atoms with Crippen molar-refractivity contribution in [3.05, 3.63) is 34.8 Å². The first kappa shape index (κ1) is 14.2. The molecule has 0 saturated heterocycles. The number of halogens is 1. The lowest BCUT2D eigenvalue weighted by Gasteiger charge is -2.08. The minimum Gasteiger partial charge on any atom is -0.398 e. The molecule has 3 N–H and O–H groups in total. The Morgan fingerprint density at radius 1 is 1.53 bits per heavy atom. The molecule has 1 rings (SSSR count). The molecule has 0 amide bonds. The number of aryl methyl sites for hydroxylation is 1. The van der Waals surface area contributed by atoms with E-state index in [1.807, 2.05) is 6.92 Å². The summed E-state index contributed by atoms with van der Waals surface area (Å²) in [5.41, 5.74) is 7.20. The Balaban J connectivity index is 2.99. The van der Waals surface area contributed by atoms with E-state index in [0.717, 1.165) is 12.0 Å². The van der Waals surface area contributed by atoms with Gasteiger partial charge in [0.15, 0.2) is 0 Å². The van der Waals surface area contributed by atoms with Crippen molar-refractivity contribution < 1.29 is 8.42 Å². The molecule has 0 aromatic heterocycles. The highest BCUT2D eigenvalue weighted by atomic mass is 79.9. The summed E-state index contributed by atoms with van der Waals surface area (Å²) < 4.78 is 26.7. The van der Waals surface area contributed by atoms with Gasteiger partial charge in [-0.15, -0.1) is 0 Å². The van der Waals surface area contributed by atoms with E-state index < -0.39 is 10.0 Å². The van der Waals surface area contributed by atoms with Gasteiger partial charge in [0.05, 0.1) is 4.90 Å². The second kappa shape index (κ2) is 5.66. The maximum absolute atomic E-state index is 11.9.